The lowest BCUT2D eigenvalue weighted by molar-refractivity contribution is -0.123. The number of hydrogen-bond donors (Lipinski definition) is 3. The van der Waals surface area contributed by atoms with Gasteiger partial charge < -0.3 is 15.5 Å². The van der Waals surface area contributed by atoms with E-state index in [-0.39, 0.29) is 12.5 Å². The number of rotatable bonds is 38. The molecule has 0 saturated carbocycles. The Morgan fingerprint density at radius 2 is 0.812 bits per heavy atom. The van der Waals surface area contributed by atoms with Crippen LogP contribution in [-0.4, -0.2) is 34.9 Å². The number of carbonyl (C=O) groups is 1. The van der Waals surface area contributed by atoms with Crippen molar-refractivity contribution in [2.24, 2.45) is 0 Å². The molecule has 282 valence electrons. The summed E-state index contributed by atoms with van der Waals surface area (Å²) < 4.78 is 0. The summed E-state index contributed by atoms with van der Waals surface area (Å²) in [6.07, 6.45) is 52.5. The molecule has 0 aliphatic rings. The van der Waals surface area contributed by atoms with Crippen LogP contribution in [0.1, 0.15) is 219 Å². The van der Waals surface area contributed by atoms with E-state index < -0.39 is 12.1 Å². The molecule has 0 spiro atoms. The SMILES string of the molecule is CCCCCCC/C=C\CCCCCCCC(=O)NC(CO)C(O)/C=C/CC/C=C/CCCCCCCCCCCCCCCCCC. The zero-order valence-corrected chi connectivity index (χ0v) is 32.3. The fourth-order valence-corrected chi connectivity index (χ4v) is 6.31. The highest BCUT2D eigenvalue weighted by Crippen LogP contribution is 2.15. The summed E-state index contributed by atoms with van der Waals surface area (Å²) in [5.41, 5.74) is 0. The molecule has 0 aliphatic heterocycles. The van der Waals surface area contributed by atoms with E-state index >= 15 is 0 Å². The summed E-state index contributed by atoms with van der Waals surface area (Å²) in [4.78, 5) is 12.3. The van der Waals surface area contributed by atoms with Gasteiger partial charge in [0.1, 0.15) is 0 Å². The smallest absolute Gasteiger partial charge is 0.220 e. The molecule has 0 fully saturated rings. The fourth-order valence-electron chi connectivity index (χ4n) is 6.31. The van der Waals surface area contributed by atoms with Gasteiger partial charge in [0.2, 0.25) is 5.91 Å². The zero-order chi connectivity index (χ0) is 35.0. The van der Waals surface area contributed by atoms with Gasteiger partial charge >= 0.3 is 0 Å². The summed E-state index contributed by atoms with van der Waals surface area (Å²) in [6.45, 7) is 4.29. The Hall–Kier alpha value is -1.39. The molecule has 0 radical (unpaired) electrons. The average molecular weight is 674 g/mol. The van der Waals surface area contributed by atoms with Crippen molar-refractivity contribution in [2.45, 2.75) is 231 Å². The quantitative estimate of drug-likeness (QED) is 0.0451. The molecule has 1 amide bonds. The number of unbranched alkanes of at least 4 members (excludes halogenated alkanes) is 27. The molecule has 0 heterocycles. The minimum Gasteiger partial charge on any atom is -0.394 e. The molecule has 0 aromatic heterocycles. The Labute approximate surface area is 300 Å². The molecule has 2 atom stereocenters. The second-order valence-corrected chi connectivity index (χ2v) is 14.4. The molecule has 4 heteroatoms. The van der Waals surface area contributed by atoms with Gasteiger partial charge in [0.25, 0.3) is 0 Å². The van der Waals surface area contributed by atoms with Gasteiger partial charge in [-0.2, -0.15) is 0 Å². The molecule has 0 aliphatic carbocycles. The van der Waals surface area contributed by atoms with Crippen LogP contribution in [-0.2, 0) is 4.79 Å². The van der Waals surface area contributed by atoms with Gasteiger partial charge in [0.05, 0.1) is 18.8 Å². The molecule has 0 saturated heterocycles. The molecule has 2 unspecified atom stereocenters. The molecular weight excluding hydrogens is 590 g/mol. The van der Waals surface area contributed by atoms with Crippen LogP contribution in [0, 0.1) is 0 Å². The third-order valence-corrected chi connectivity index (χ3v) is 9.60. The van der Waals surface area contributed by atoms with E-state index in [9.17, 15) is 15.0 Å². The van der Waals surface area contributed by atoms with Crippen molar-refractivity contribution in [3.8, 4) is 0 Å². The summed E-state index contributed by atoms with van der Waals surface area (Å²) >= 11 is 0. The van der Waals surface area contributed by atoms with Gasteiger partial charge in [0, 0.05) is 6.42 Å². The van der Waals surface area contributed by atoms with E-state index in [0.717, 1.165) is 44.9 Å². The Morgan fingerprint density at radius 1 is 0.479 bits per heavy atom. The third-order valence-electron chi connectivity index (χ3n) is 9.60. The first kappa shape index (κ1) is 46.6. The molecule has 3 N–H and O–H groups in total. The summed E-state index contributed by atoms with van der Waals surface area (Å²) in [5.74, 6) is -0.0830. The normalized spacial score (nSPS) is 13.3. The topological polar surface area (TPSA) is 69.6 Å². The van der Waals surface area contributed by atoms with Gasteiger partial charge in [-0.15, -0.1) is 0 Å². The number of hydrogen-bond acceptors (Lipinski definition) is 3. The van der Waals surface area contributed by atoms with Crippen LogP contribution < -0.4 is 5.32 Å². The van der Waals surface area contributed by atoms with Crippen molar-refractivity contribution in [1.29, 1.82) is 0 Å². The van der Waals surface area contributed by atoms with E-state index in [2.05, 4.69) is 43.5 Å². The summed E-state index contributed by atoms with van der Waals surface area (Å²) in [7, 11) is 0. The number of nitrogens with one attached hydrogen (secondary N) is 1. The lowest BCUT2D eigenvalue weighted by atomic mass is 10.0. The van der Waals surface area contributed by atoms with Crippen molar-refractivity contribution < 1.29 is 15.0 Å². The third kappa shape index (κ3) is 35.9. The number of aliphatic hydroxyl groups is 2. The minimum absolute atomic E-state index is 0.0830. The highest BCUT2D eigenvalue weighted by Gasteiger charge is 2.17. The van der Waals surface area contributed by atoms with Crippen molar-refractivity contribution in [1.82, 2.24) is 5.32 Å². The Kier molecular flexibility index (Phi) is 38.9. The number of allylic oxidation sites excluding steroid dienone is 5. The van der Waals surface area contributed by atoms with E-state index in [1.807, 2.05) is 6.08 Å². The van der Waals surface area contributed by atoms with E-state index in [4.69, 9.17) is 0 Å². The largest absolute Gasteiger partial charge is 0.394 e. The first-order valence-corrected chi connectivity index (χ1v) is 21.2. The van der Waals surface area contributed by atoms with Crippen molar-refractivity contribution >= 4 is 5.91 Å². The van der Waals surface area contributed by atoms with Crippen LogP contribution in [0.4, 0.5) is 0 Å². The molecular formula is C44H83NO3. The lowest BCUT2D eigenvalue weighted by Gasteiger charge is -2.19. The molecule has 4 nitrogen and oxygen atoms in total. The summed E-state index contributed by atoms with van der Waals surface area (Å²) in [5, 5.41) is 22.9. The highest BCUT2D eigenvalue weighted by molar-refractivity contribution is 5.76. The van der Waals surface area contributed by atoms with Crippen molar-refractivity contribution in [3.63, 3.8) is 0 Å². The van der Waals surface area contributed by atoms with Crippen LogP contribution in [0.3, 0.4) is 0 Å². The van der Waals surface area contributed by atoms with Crippen molar-refractivity contribution in [3.05, 3.63) is 36.5 Å². The molecule has 0 bridgehead atoms. The monoisotopic (exact) mass is 674 g/mol. The first-order valence-electron chi connectivity index (χ1n) is 21.2. The predicted octanol–water partition coefficient (Wildman–Crippen LogP) is 13.0. The van der Waals surface area contributed by atoms with Crippen LogP contribution in [0.25, 0.3) is 0 Å². The second-order valence-electron chi connectivity index (χ2n) is 14.4. The Morgan fingerprint density at radius 3 is 1.21 bits per heavy atom. The maximum atomic E-state index is 12.3. The highest BCUT2D eigenvalue weighted by atomic mass is 16.3. The average Bonchev–Trinajstić information content (AvgIpc) is 3.09. The van der Waals surface area contributed by atoms with Gasteiger partial charge in [-0.25, -0.2) is 0 Å². The number of aliphatic hydroxyl groups excluding tert-OH is 2. The van der Waals surface area contributed by atoms with Crippen LogP contribution in [0.2, 0.25) is 0 Å². The maximum Gasteiger partial charge on any atom is 0.220 e. The Bertz CT molecular complexity index is 731. The van der Waals surface area contributed by atoms with Crippen molar-refractivity contribution in [2.75, 3.05) is 6.61 Å². The van der Waals surface area contributed by atoms with E-state index in [1.54, 1.807) is 6.08 Å². The minimum atomic E-state index is -0.863. The van der Waals surface area contributed by atoms with Gasteiger partial charge in [-0.05, 0) is 57.8 Å². The first-order chi connectivity index (χ1) is 23.7. The molecule has 48 heavy (non-hydrogen) atoms. The maximum absolute atomic E-state index is 12.3. The number of carbonyl (C=O) groups excluding carboxylic acids is 1. The standard InChI is InChI=1S/C44H83NO3/c1-3-5-7-9-11-13-15-17-19-20-21-22-23-24-25-26-27-29-31-33-35-37-39-43(47)42(41-46)45-44(48)40-38-36-34-32-30-28-18-16-14-12-10-8-6-4-2/h16,18,29,31,37,39,42-43,46-47H,3-15,17,19-28,30,32-36,38,40-41H2,1-2H3,(H,45,48)/b18-16-,31-29+,39-37+. The van der Waals surface area contributed by atoms with Gasteiger partial charge in [0.15, 0.2) is 0 Å². The number of amides is 1. The van der Waals surface area contributed by atoms with Crippen LogP contribution in [0.15, 0.2) is 36.5 Å². The van der Waals surface area contributed by atoms with E-state index in [0.29, 0.717) is 6.42 Å². The van der Waals surface area contributed by atoms with Gasteiger partial charge in [-0.3, -0.25) is 4.79 Å². The van der Waals surface area contributed by atoms with Crippen LogP contribution in [0.5, 0.6) is 0 Å². The summed E-state index contributed by atoms with van der Waals surface area (Å²) in [6, 6.07) is -0.641. The molecule has 0 aromatic carbocycles. The lowest BCUT2D eigenvalue weighted by Crippen LogP contribution is -2.45. The Balaban J connectivity index is 3.62. The zero-order valence-electron chi connectivity index (χ0n) is 32.3. The molecule has 0 aromatic rings. The molecule has 0 rings (SSSR count). The second kappa shape index (κ2) is 40.0. The van der Waals surface area contributed by atoms with Crippen LogP contribution >= 0.6 is 0 Å². The van der Waals surface area contributed by atoms with E-state index in [1.165, 1.54) is 154 Å². The fraction of sp³-hybridized carbons (Fsp3) is 0.841. The predicted molar refractivity (Wildman–Crippen MR) is 212 cm³/mol. The van der Waals surface area contributed by atoms with Gasteiger partial charge in [-0.1, -0.05) is 192 Å².